The number of rotatable bonds is 6. The van der Waals surface area contributed by atoms with Crippen LogP contribution in [0, 0.1) is 0 Å². The number of nitrogens with zero attached hydrogens (tertiary/aromatic N) is 2. The molecule has 0 radical (unpaired) electrons. The number of aryl methyl sites for hydroxylation is 2. The fourth-order valence-corrected chi connectivity index (χ4v) is 1.28. The molecule has 2 N–H and O–H groups in total. The first kappa shape index (κ1) is 13.2. The Labute approximate surface area is 98.3 Å². The average Bonchev–Trinajstić information content (AvgIpc) is 2.71. The maximum absolute atomic E-state index is 11.6. The fraction of sp³-hybridized carbons (Fsp3) is 0.500. The number of aromatic nitrogens is 2. The number of carboxylic acid groups (broad SMARTS) is 1. The van der Waals surface area contributed by atoms with E-state index in [1.165, 1.54) is 4.68 Å². The predicted molar refractivity (Wildman–Crippen MR) is 58.3 cm³/mol. The summed E-state index contributed by atoms with van der Waals surface area (Å²) in [5, 5.41) is 12.5. The third kappa shape index (κ3) is 3.56. The van der Waals surface area contributed by atoms with Gasteiger partial charge in [-0.05, 0) is 19.4 Å². The van der Waals surface area contributed by atoms with Crippen molar-refractivity contribution >= 4 is 11.9 Å². The largest absolute Gasteiger partial charge is 0.479 e. The van der Waals surface area contributed by atoms with Crippen LogP contribution in [0.1, 0.15) is 30.0 Å². The molecule has 0 aliphatic rings. The van der Waals surface area contributed by atoms with Crippen LogP contribution in [0.3, 0.4) is 0 Å². The highest BCUT2D eigenvalue weighted by molar-refractivity contribution is 5.92. The lowest BCUT2D eigenvalue weighted by Crippen LogP contribution is -2.28. The standard InChI is InChI=1S/C10H15N3O4/c1-3-7-5-8(13(4-2)11-7)10(16)12-17-6-9(14)15/h5H,3-4,6H2,1-2H3,(H,12,16)(H,14,15). The molecule has 7 nitrogen and oxygen atoms in total. The SMILES string of the molecule is CCc1cc(C(=O)NOCC(=O)O)n(CC)n1. The second-order valence-corrected chi connectivity index (χ2v) is 3.30. The minimum Gasteiger partial charge on any atom is -0.479 e. The third-order valence-electron chi connectivity index (χ3n) is 2.09. The van der Waals surface area contributed by atoms with E-state index in [9.17, 15) is 9.59 Å². The van der Waals surface area contributed by atoms with E-state index in [4.69, 9.17) is 5.11 Å². The molecule has 17 heavy (non-hydrogen) atoms. The third-order valence-corrected chi connectivity index (χ3v) is 2.09. The van der Waals surface area contributed by atoms with Crippen LogP contribution in [0.25, 0.3) is 0 Å². The van der Waals surface area contributed by atoms with Gasteiger partial charge in [0.2, 0.25) is 0 Å². The number of carboxylic acids is 1. The molecule has 0 spiro atoms. The Kier molecular flexibility index (Phi) is 4.65. The van der Waals surface area contributed by atoms with Crippen molar-refractivity contribution in [3.63, 3.8) is 0 Å². The number of carbonyl (C=O) groups excluding carboxylic acids is 1. The van der Waals surface area contributed by atoms with Crippen LogP contribution in [0.5, 0.6) is 0 Å². The lowest BCUT2D eigenvalue weighted by molar-refractivity contribution is -0.144. The quantitative estimate of drug-likeness (QED) is 0.694. The zero-order valence-corrected chi connectivity index (χ0v) is 9.77. The van der Waals surface area contributed by atoms with Crippen LogP contribution in [0.4, 0.5) is 0 Å². The number of aliphatic carboxylic acids is 1. The van der Waals surface area contributed by atoms with E-state index < -0.39 is 18.5 Å². The molecular weight excluding hydrogens is 226 g/mol. The van der Waals surface area contributed by atoms with Gasteiger partial charge in [0.1, 0.15) is 5.69 Å². The highest BCUT2D eigenvalue weighted by atomic mass is 16.7. The van der Waals surface area contributed by atoms with Crippen molar-refractivity contribution in [2.45, 2.75) is 26.8 Å². The average molecular weight is 241 g/mol. The van der Waals surface area contributed by atoms with Crippen LogP contribution in [0.2, 0.25) is 0 Å². The Morgan fingerprint density at radius 1 is 1.53 bits per heavy atom. The van der Waals surface area contributed by atoms with Crippen LogP contribution >= 0.6 is 0 Å². The van der Waals surface area contributed by atoms with Crippen LogP contribution < -0.4 is 5.48 Å². The van der Waals surface area contributed by atoms with E-state index in [2.05, 4.69) is 15.4 Å². The summed E-state index contributed by atoms with van der Waals surface area (Å²) in [5.74, 6) is -1.65. The van der Waals surface area contributed by atoms with E-state index in [-0.39, 0.29) is 0 Å². The Morgan fingerprint density at radius 3 is 2.76 bits per heavy atom. The molecule has 0 atom stereocenters. The highest BCUT2D eigenvalue weighted by Gasteiger charge is 2.14. The van der Waals surface area contributed by atoms with Gasteiger partial charge in [-0.3, -0.25) is 14.3 Å². The monoisotopic (exact) mass is 241 g/mol. The van der Waals surface area contributed by atoms with Crippen molar-refractivity contribution in [1.29, 1.82) is 0 Å². The number of nitrogens with one attached hydrogen (secondary N) is 1. The van der Waals surface area contributed by atoms with Crippen molar-refractivity contribution in [3.05, 3.63) is 17.5 Å². The lowest BCUT2D eigenvalue weighted by atomic mass is 10.3. The Balaban J connectivity index is 2.67. The smallest absolute Gasteiger partial charge is 0.332 e. The summed E-state index contributed by atoms with van der Waals surface area (Å²) in [6, 6.07) is 1.66. The molecule has 0 saturated carbocycles. The summed E-state index contributed by atoms with van der Waals surface area (Å²) < 4.78 is 1.54. The maximum atomic E-state index is 11.6. The first-order chi connectivity index (χ1) is 8.08. The molecule has 94 valence electrons. The van der Waals surface area contributed by atoms with Gasteiger partial charge >= 0.3 is 5.97 Å². The van der Waals surface area contributed by atoms with Gasteiger partial charge in [-0.25, -0.2) is 10.3 Å². The molecule has 1 rings (SSSR count). The van der Waals surface area contributed by atoms with Crippen molar-refractivity contribution in [3.8, 4) is 0 Å². The molecule has 1 heterocycles. The van der Waals surface area contributed by atoms with Gasteiger partial charge in [0, 0.05) is 6.54 Å². The molecule has 1 aromatic rings. The Bertz CT molecular complexity index is 414. The molecule has 0 bridgehead atoms. The van der Waals surface area contributed by atoms with Gasteiger partial charge in [-0.15, -0.1) is 0 Å². The van der Waals surface area contributed by atoms with Crippen LogP contribution in [0.15, 0.2) is 6.07 Å². The topological polar surface area (TPSA) is 93.5 Å². The number of carbonyl (C=O) groups is 2. The molecule has 7 heteroatoms. The van der Waals surface area contributed by atoms with Crippen molar-refractivity contribution in [2.24, 2.45) is 0 Å². The summed E-state index contributed by atoms with van der Waals surface area (Å²) in [7, 11) is 0. The first-order valence-electron chi connectivity index (χ1n) is 5.29. The molecule has 0 aliphatic carbocycles. The maximum Gasteiger partial charge on any atom is 0.332 e. The molecule has 0 aliphatic heterocycles. The summed E-state index contributed by atoms with van der Waals surface area (Å²) in [6.45, 7) is 3.78. The summed E-state index contributed by atoms with van der Waals surface area (Å²) in [4.78, 5) is 26.4. The molecule has 0 fully saturated rings. The number of hydroxylamine groups is 1. The van der Waals surface area contributed by atoms with Gasteiger partial charge in [0.05, 0.1) is 5.69 Å². The second kappa shape index (κ2) is 6.00. The van der Waals surface area contributed by atoms with Crippen LogP contribution in [-0.4, -0.2) is 33.4 Å². The van der Waals surface area contributed by atoms with E-state index in [0.717, 1.165) is 12.1 Å². The Hall–Kier alpha value is -1.89. The molecule has 0 saturated heterocycles. The first-order valence-corrected chi connectivity index (χ1v) is 5.29. The van der Waals surface area contributed by atoms with E-state index in [0.29, 0.717) is 12.2 Å². The van der Waals surface area contributed by atoms with Crippen LogP contribution in [-0.2, 0) is 22.6 Å². The van der Waals surface area contributed by atoms with E-state index in [1.54, 1.807) is 6.07 Å². The van der Waals surface area contributed by atoms with Crippen molar-refractivity contribution < 1.29 is 19.5 Å². The highest BCUT2D eigenvalue weighted by Crippen LogP contribution is 2.05. The summed E-state index contributed by atoms with van der Waals surface area (Å²) in [5.41, 5.74) is 3.22. The molecular formula is C10H15N3O4. The van der Waals surface area contributed by atoms with E-state index in [1.807, 2.05) is 13.8 Å². The van der Waals surface area contributed by atoms with Gasteiger partial charge in [-0.1, -0.05) is 6.92 Å². The van der Waals surface area contributed by atoms with Crippen molar-refractivity contribution in [1.82, 2.24) is 15.3 Å². The fourth-order valence-electron chi connectivity index (χ4n) is 1.28. The minimum atomic E-state index is -1.15. The summed E-state index contributed by atoms with van der Waals surface area (Å²) in [6.07, 6.45) is 0.725. The molecule has 0 unspecified atom stereocenters. The second-order valence-electron chi connectivity index (χ2n) is 3.30. The zero-order chi connectivity index (χ0) is 12.8. The minimum absolute atomic E-state index is 0.356. The van der Waals surface area contributed by atoms with Gasteiger partial charge in [-0.2, -0.15) is 5.10 Å². The number of amides is 1. The zero-order valence-electron chi connectivity index (χ0n) is 9.77. The number of hydrogen-bond acceptors (Lipinski definition) is 4. The number of hydrogen-bond donors (Lipinski definition) is 2. The normalized spacial score (nSPS) is 10.2. The van der Waals surface area contributed by atoms with Gasteiger partial charge < -0.3 is 5.11 Å². The predicted octanol–water partition coefficient (Wildman–Crippen LogP) is 0.211. The molecule has 1 aromatic heterocycles. The molecule has 1 amide bonds. The van der Waals surface area contributed by atoms with Gasteiger partial charge in [0.25, 0.3) is 5.91 Å². The van der Waals surface area contributed by atoms with E-state index >= 15 is 0 Å². The molecule has 0 aromatic carbocycles. The summed E-state index contributed by atoms with van der Waals surface area (Å²) >= 11 is 0. The van der Waals surface area contributed by atoms with Crippen molar-refractivity contribution in [2.75, 3.05) is 6.61 Å². The lowest BCUT2D eigenvalue weighted by Gasteiger charge is -2.05. The van der Waals surface area contributed by atoms with Gasteiger partial charge in [0.15, 0.2) is 6.61 Å². The Morgan fingerprint density at radius 2 is 2.24 bits per heavy atom.